The molecule has 18 heavy (non-hydrogen) atoms. The molecule has 0 aliphatic heterocycles. The molecule has 0 spiro atoms. The standard InChI is InChI=1S/C13H10N2O2S/c1-8-4-2-5-9-11(8)14-13(17)15(12(9)16)10-6-3-7-18-10/h2-7H,1H3,(H,14,17). The van der Waals surface area contributed by atoms with Crippen LogP contribution >= 0.6 is 11.3 Å². The number of para-hydroxylation sites is 1. The molecule has 3 rings (SSSR count). The summed E-state index contributed by atoms with van der Waals surface area (Å²) in [6, 6.07) is 8.98. The molecule has 0 bridgehead atoms. The second kappa shape index (κ2) is 3.96. The summed E-state index contributed by atoms with van der Waals surface area (Å²) >= 11 is 1.36. The fraction of sp³-hybridized carbons (Fsp3) is 0.0769. The van der Waals surface area contributed by atoms with E-state index in [-0.39, 0.29) is 5.56 Å². The molecule has 0 unspecified atom stereocenters. The number of benzene rings is 1. The number of H-pyrrole nitrogens is 1. The summed E-state index contributed by atoms with van der Waals surface area (Å²) in [4.78, 5) is 27.1. The molecule has 0 aliphatic rings. The Morgan fingerprint density at radius 2 is 2.00 bits per heavy atom. The zero-order valence-corrected chi connectivity index (χ0v) is 10.5. The largest absolute Gasteiger partial charge is 0.334 e. The van der Waals surface area contributed by atoms with Crippen molar-refractivity contribution in [3.63, 3.8) is 0 Å². The van der Waals surface area contributed by atoms with Crippen molar-refractivity contribution in [2.24, 2.45) is 0 Å². The average molecular weight is 258 g/mol. The van der Waals surface area contributed by atoms with Gasteiger partial charge in [-0.05, 0) is 36.1 Å². The van der Waals surface area contributed by atoms with Crippen LogP contribution in [0.25, 0.3) is 15.9 Å². The Labute approximate surface area is 106 Å². The number of aromatic amines is 1. The fourth-order valence-corrected chi connectivity index (χ4v) is 2.71. The highest BCUT2D eigenvalue weighted by Gasteiger charge is 2.10. The summed E-state index contributed by atoms with van der Waals surface area (Å²) in [5.74, 6) is 0. The van der Waals surface area contributed by atoms with Gasteiger partial charge in [-0.25, -0.2) is 9.36 Å². The van der Waals surface area contributed by atoms with Crippen molar-refractivity contribution < 1.29 is 0 Å². The molecule has 0 saturated heterocycles. The van der Waals surface area contributed by atoms with E-state index in [9.17, 15) is 9.59 Å². The van der Waals surface area contributed by atoms with E-state index < -0.39 is 5.69 Å². The molecule has 0 radical (unpaired) electrons. The van der Waals surface area contributed by atoms with Crippen molar-refractivity contribution in [3.8, 4) is 5.00 Å². The number of rotatable bonds is 1. The van der Waals surface area contributed by atoms with Crippen LogP contribution in [-0.2, 0) is 0 Å². The quantitative estimate of drug-likeness (QED) is 0.726. The molecule has 0 atom stereocenters. The summed E-state index contributed by atoms with van der Waals surface area (Å²) in [7, 11) is 0. The maximum absolute atomic E-state index is 12.3. The molecule has 2 heterocycles. The van der Waals surface area contributed by atoms with Gasteiger partial charge in [0, 0.05) is 0 Å². The molecule has 0 fully saturated rings. The highest BCUT2D eigenvalue weighted by molar-refractivity contribution is 7.12. The summed E-state index contributed by atoms with van der Waals surface area (Å²) in [6.45, 7) is 1.87. The number of nitrogens with zero attached hydrogens (tertiary/aromatic N) is 1. The van der Waals surface area contributed by atoms with Gasteiger partial charge in [-0.2, -0.15) is 0 Å². The molecular weight excluding hydrogens is 248 g/mol. The van der Waals surface area contributed by atoms with Crippen molar-refractivity contribution >= 4 is 22.2 Å². The van der Waals surface area contributed by atoms with E-state index in [2.05, 4.69) is 4.98 Å². The third-order valence-corrected chi connectivity index (χ3v) is 3.72. The van der Waals surface area contributed by atoms with E-state index in [1.54, 1.807) is 12.1 Å². The van der Waals surface area contributed by atoms with Gasteiger partial charge >= 0.3 is 5.69 Å². The van der Waals surface area contributed by atoms with Gasteiger partial charge < -0.3 is 4.98 Å². The number of aromatic nitrogens is 2. The molecule has 4 nitrogen and oxygen atoms in total. The second-order valence-corrected chi connectivity index (χ2v) is 4.95. The smallest absolute Gasteiger partial charge is 0.306 e. The van der Waals surface area contributed by atoms with Crippen molar-refractivity contribution in [3.05, 3.63) is 62.1 Å². The van der Waals surface area contributed by atoms with Crippen molar-refractivity contribution in [2.75, 3.05) is 0 Å². The van der Waals surface area contributed by atoms with Gasteiger partial charge in [0.2, 0.25) is 0 Å². The molecule has 90 valence electrons. The Morgan fingerprint density at radius 3 is 2.72 bits per heavy atom. The molecule has 3 aromatic rings. The summed E-state index contributed by atoms with van der Waals surface area (Å²) in [5, 5.41) is 2.99. The lowest BCUT2D eigenvalue weighted by atomic mass is 10.1. The third kappa shape index (κ3) is 1.52. The maximum atomic E-state index is 12.3. The Bertz CT molecular complexity index is 828. The number of aryl methyl sites for hydroxylation is 1. The van der Waals surface area contributed by atoms with Gasteiger partial charge in [0.05, 0.1) is 10.9 Å². The Balaban J connectivity index is 2.50. The number of fused-ring (bicyclic) bond motifs is 1. The number of hydrogen-bond donors (Lipinski definition) is 1. The second-order valence-electron chi connectivity index (χ2n) is 4.02. The lowest BCUT2D eigenvalue weighted by Crippen LogP contribution is -2.33. The molecule has 0 aliphatic carbocycles. The van der Waals surface area contributed by atoms with Crippen molar-refractivity contribution in [1.82, 2.24) is 9.55 Å². The lowest BCUT2D eigenvalue weighted by molar-refractivity contribution is 0.916. The highest BCUT2D eigenvalue weighted by Crippen LogP contribution is 2.14. The van der Waals surface area contributed by atoms with Gasteiger partial charge in [0.25, 0.3) is 5.56 Å². The molecule has 5 heteroatoms. The van der Waals surface area contributed by atoms with Gasteiger partial charge in [0.1, 0.15) is 5.00 Å². The third-order valence-electron chi connectivity index (χ3n) is 2.87. The zero-order chi connectivity index (χ0) is 12.7. The maximum Gasteiger partial charge on any atom is 0.334 e. The van der Waals surface area contributed by atoms with Gasteiger partial charge in [-0.1, -0.05) is 12.1 Å². The van der Waals surface area contributed by atoms with E-state index in [1.807, 2.05) is 30.5 Å². The van der Waals surface area contributed by atoms with Crippen LogP contribution in [0, 0.1) is 6.92 Å². The van der Waals surface area contributed by atoms with Gasteiger partial charge in [-0.3, -0.25) is 4.79 Å². The van der Waals surface area contributed by atoms with Crippen LogP contribution in [0.2, 0.25) is 0 Å². The van der Waals surface area contributed by atoms with Crippen LogP contribution in [0.5, 0.6) is 0 Å². The van der Waals surface area contributed by atoms with Gasteiger partial charge in [0.15, 0.2) is 0 Å². The normalized spacial score (nSPS) is 10.9. The van der Waals surface area contributed by atoms with Crippen LogP contribution in [0.1, 0.15) is 5.56 Å². The van der Waals surface area contributed by atoms with Crippen LogP contribution in [-0.4, -0.2) is 9.55 Å². The first-order valence-electron chi connectivity index (χ1n) is 5.47. The molecule has 2 aromatic heterocycles. The van der Waals surface area contributed by atoms with Gasteiger partial charge in [-0.15, -0.1) is 11.3 Å². The van der Waals surface area contributed by atoms with Crippen molar-refractivity contribution in [2.45, 2.75) is 6.92 Å². The Kier molecular flexibility index (Phi) is 2.41. The first kappa shape index (κ1) is 11.0. The average Bonchev–Trinajstić information content (AvgIpc) is 2.84. The molecule has 0 saturated carbocycles. The SMILES string of the molecule is Cc1cccc2c(=O)n(-c3cccs3)c(=O)[nH]c12. The van der Waals surface area contributed by atoms with E-state index in [1.165, 1.54) is 15.9 Å². The van der Waals surface area contributed by atoms with Crippen molar-refractivity contribution in [1.29, 1.82) is 0 Å². The molecule has 0 amide bonds. The Morgan fingerprint density at radius 1 is 1.17 bits per heavy atom. The lowest BCUT2D eigenvalue weighted by Gasteiger charge is -2.05. The first-order valence-corrected chi connectivity index (χ1v) is 6.35. The summed E-state index contributed by atoms with van der Waals surface area (Å²) in [6.07, 6.45) is 0. The van der Waals surface area contributed by atoms with Crippen LogP contribution < -0.4 is 11.2 Å². The van der Waals surface area contributed by atoms with Crippen LogP contribution in [0.15, 0.2) is 45.3 Å². The molecular formula is C13H10N2O2S. The number of nitrogens with one attached hydrogen (secondary N) is 1. The van der Waals surface area contributed by atoms with E-state index in [0.717, 1.165) is 5.56 Å². The molecule has 1 N–H and O–H groups in total. The van der Waals surface area contributed by atoms with Crippen LogP contribution in [0.4, 0.5) is 0 Å². The minimum atomic E-state index is -0.399. The summed E-state index contributed by atoms with van der Waals surface area (Å²) in [5.41, 5.74) is 0.824. The van der Waals surface area contributed by atoms with E-state index in [4.69, 9.17) is 0 Å². The zero-order valence-electron chi connectivity index (χ0n) is 9.64. The number of hydrogen-bond acceptors (Lipinski definition) is 3. The van der Waals surface area contributed by atoms with E-state index in [0.29, 0.717) is 15.9 Å². The first-order chi connectivity index (χ1) is 8.68. The number of thiophene rings is 1. The minimum absolute atomic E-state index is 0.278. The predicted molar refractivity (Wildman–Crippen MR) is 72.8 cm³/mol. The highest BCUT2D eigenvalue weighted by atomic mass is 32.1. The minimum Gasteiger partial charge on any atom is -0.306 e. The molecule has 1 aromatic carbocycles. The van der Waals surface area contributed by atoms with Crippen LogP contribution in [0.3, 0.4) is 0 Å². The monoisotopic (exact) mass is 258 g/mol. The predicted octanol–water partition coefficient (Wildman–Crippen LogP) is 2.05. The van der Waals surface area contributed by atoms with E-state index >= 15 is 0 Å². The Hall–Kier alpha value is -2.14. The topological polar surface area (TPSA) is 54.9 Å². The summed E-state index contributed by atoms with van der Waals surface area (Å²) < 4.78 is 1.17. The fourth-order valence-electron chi connectivity index (χ4n) is 1.98.